The average Bonchev–Trinajstić information content (AvgIpc) is 3.75. The van der Waals surface area contributed by atoms with Gasteiger partial charge in [0.25, 0.3) is 0 Å². The minimum atomic E-state index is -3.17. The van der Waals surface area contributed by atoms with Crippen molar-refractivity contribution in [1.82, 2.24) is 30.0 Å². The molecular weight excluding hydrogens is 563 g/mol. The molecule has 4 aromatic heterocycles. The van der Waals surface area contributed by atoms with Crippen molar-refractivity contribution in [2.75, 3.05) is 25.1 Å². The molecule has 5 heterocycles. The van der Waals surface area contributed by atoms with Crippen molar-refractivity contribution in [2.45, 2.75) is 25.8 Å². The van der Waals surface area contributed by atoms with Crippen LogP contribution in [0.4, 0.5) is 4.39 Å². The molecule has 0 bridgehead atoms. The first-order valence-corrected chi connectivity index (χ1v) is 16.4. The highest BCUT2D eigenvalue weighted by molar-refractivity contribution is 7.90. The van der Waals surface area contributed by atoms with Crippen LogP contribution >= 0.6 is 0 Å². The average molecular weight is 595 g/mol. The number of likely N-dealkylation sites (tertiary alicyclic amines) is 1. The van der Waals surface area contributed by atoms with Crippen molar-refractivity contribution < 1.29 is 12.8 Å². The minimum Gasteiger partial charge on any atom is -0.352 e. The van der Waals surface area contributed by atoms with E-state index in [0.29, 0.717) is 11.1 Å². The number of nitrogens with one attached hydrogen (secondary N) is 2. The lowest BCUT2D eigenvalue weighted by Gasteiger charge is -2.14. The van der Waals surface area contributed by atoms with Gasteiger partial charge < -0.3 is 4.98 Å². The van der Waals surface area contributed by atoms with E-state index in [-0.39, 0.29) is 12.2 Å². The molecule has 1 aliphatic heterocycles. The standard InChI is InChI=1S/C33H31FN6O2S/c1-43(41,42)9-6-21-10-24(13-26(34)12-21)29-18-36-19-32-27(29)15-31(37-32)33-28-14-23(4-5-30(28)38-39-33)25-11-22(16-35-17-25)20-40-7-2-3-8-40/h4-5,10-19,37H,2-3,6-9,20H2,1H3,(H,38,39). The van der Waals surface area contributed by atoms with Gasteiger partial charge in [-0.05, 0) is 91.0 Å². The Balaban J connectivity index is 1.24. The molecule has 0 atom stereocenters. The molecule has 43 heavy (non-hydrogen) atoms. The third-order valence-corrected chi connectivity index (χ3v) is 9.07. The molecule has 0 radical (unpaired) electrons. The van der Waals surface area contributed by atoms with Gasteiger partial charge >= 0.3 is 0 Å². The summed E-state index contributed by atoms with van der Waals surface area (Å²) in [5.74, 6) is -0.460. The molecule has 1 aliphatic rings. The Morgan fingerprint density at radius 1 is 0.837 bits per heavy atom. The normalized spacial score (nSPS) is 14.3. The third-order valence-electron chi connectivity index (χ3n) is 8.13. The van der Waals surface area contributed by atoms with Gasteiger partial charge in [-0.2, -0.15) is 5.10 Å². The zero-order chi connectivity index (χ0) is 29.6. The molecule has 8 nitrogen and oxygen atoms in total. The second-order valence-corrected chi connectivity index (χ2v) is 13.7. The smallest absolute Gasteiger partial charge is 0.147 e. The zero-order valence-electron chi connectivity index (χ0n) is 23.8. The number of sulfone groups is 1. The first-order chi connectivity index (χ1) is 20.8. The lowest BCUT2D eigenvalue weighted by molar-refractivity contribution is 0.331. The zero-order valence-corrected chi connectivity index (χ0v) is 24.6. The summed E-state index contributed by atoms with van der Waals surface area (Å²) < 4.78 is 38.0. The van der Waals surface area contributed by atoms with Crippen molar-refractivity contribution >= 4 is 31.6 Å². The number of aromatic nitrogens is 5. The van der Waals surface area contributed by atoms with E-state index in [1.54, 1.807) is 12.4 Å². The summed E-state index contributed by atoms with van der Waals surface area (Å²) in [6, 6.07) is 15.2. The maximum absolute atomic E-state index is 14.6. The van der Waals surface area contributed by atoms with E-state index >= 15 is 0 Å². The minimum absolute atomic E-state index is 0.0420. The number of fused-ring (bicyclic) bond motifs is 2. The summed E-state index contributed by atoms with van der Waals surface area (Å²) in [7, 11) is -3.17. The fourth-order valence-corrected chi connectivity index (χ4v) is 6.60. The van der Waals surface area contributed by atoms with Crippen LogP contribution in [0.15, 0.2) is 73.3 Å². The molecule has 0 unspecified atom stereocenters. The molecule has 6 aromatic rings. The summed E-state index contributed by atoms with van der Waals surface area (Å²) in [6.07, 6.45) is 11.2. The summed E-state index contributed by atoms with van der Waals surface area (Å²) in [5, 5.41) is 9.63. The van der Waals surface area contributed by atoms with Crippen LogP contribution in [0.1, 0.15) is 24.0 Å². The molecule has 1 saturated heterocycles. The van der Waals surface area contributed by atoms with Crippen molar-refractivity contribution in [1.29, 1.82) is 0 Å². The molecule has 2 N–H and O–H groups in total. The molecule has 0 saturated carbocycles. The Labute approximate surface area is 248 Å². The van der Waals surface area contributed by atoms with Crippen molar-refractivity contribution in [2.24, 2.45) is 0 Å². The number of H-pyrrole nitrogens is 2. The fourth-order valence-electron chi connectivity index (χ4n) is 5.99. The molecule has 0 spiro atoms. The number of aryl methyl sites for hydroxylation is 1. The maximum Gasteiger partial charge on any atom is 0.147 e. The quantitative estimate of drug-likeness (QED) is 0.219. The van der Waals surface area contributed by atoms with Crippen LogP contribution in [0.25, 0.3) is 55.4 Å². The third kappa shape index (κ3) is 5.80. The van der Waals surface area contributed by atoms with Gasteiger partial charge in [-0.3, -0.25) is 20.0 Å². The molecule has 10 heteroatoms. The Hall–Kier alpha value is -4.41. The molecular formula is C33H31FN6O2S. The van der Waals surface area contributed by atoms with Crippen LogP contribution in [0, 0.1) is 5.82 Å². The molecule has 7 rings (SSSR count). The van der Waals surface area contributed by atoms with Gasteiger partial charge in [-0.1, -0.05) is 12.1 Å². The highest BCUT2D eigenvalue weighted by Gasteiger charge is 2.17. The molecule has 218 valence electrons. The van der Waals surface area contributed by atoms with Gasteiger partial charge in [-0.15, -0.1) is 0 Å². The predicted octanol–water partition coefficient (Wildman–Crippen LogP) is 6.16. The predicted molar refractivity (Wildman–Crippen MR) is 168 cm³/mol. The molecule has 0 aliphatic carbocycles. The number of rotatable bonds is 8. The largest absolute Gasteiger partial charge is 0.352 e. The summed E-state index contributed by atoms with van der Waals surface area (Å²) in [4.78, 5) is 14.9. The summed E-state index contributed by atoms with van der Waals surface area (Å²) in [5.41, 5.74) is 8.63. The van der Waals surface area contributed by atoms with Gasteiger partial charge in [-0.25, -0.2) is 12.8 Å². The molecule has 1 fully saturated rings. The molecule has 0 amide bonds. The first-order valence-electron chi connectivity index (χ1n) is 14.4. The van der Waals surface area contributed by atoms with Gasteiger partial charge in [0.1, 0.15) is 21.3 Å². The van der Waals surface area contributed by atoms with E-state index < -0.39 is 15.7 Å². The molecule has 2 aromatic carbocycles. The maximum atomic E-state index is 14.6. The van der Waals surface area contributed by atoms with Crippen LogP contribution in [-0.2, 0) is 22.8 Å². The van der Waals surface area contributed by atoms with Crippen LogP contribution in [0.5, 0.6) is 0 Å². The SMILES string of the molecule is CS(=O)(=O)CCc1cc(F)cc(-c2cncc3[nH]c(-c4n[nH]c5ccc(-c6cncc(CN7CCCC7)c6)cc45)cc23)c1. The van der Waals surface area contributed by atoms with Crippen LogP contribution in [-0.4, -0.2) is 63.6 Å². The topological polar surface area (TPSA) is 108 Å². The number of halogens is 1. The van der Waals surface area contributed by atoms with Gasteiger partial charge in [0.15, 0.2) is 0 Å². The van der Waals surface area contributed by atoms with Crippen LogP contribution in [0.3, 0.4) is 0 Å². The van der Waals surface area contributed by atoms with E-state index in [1.807, 2.05) is 30.6 Å². The van der Waals surface area contributed by atoms with Gasteiger partial charge in [0.05, 0.1) is 28.7 Å². The number of benzene rings is 2. The van der Waals surface area contributed by atoms with E-state index in [1.165, 1.54) is 36.8 Å². The second-order valence-electron chi connectivity index (χ2n) is 11.5. The van der Waals surface area contributed by atoms with Gasteiger partial charge in [0, 0.05) is 53.3 Å². The van der Waals surface area contributed by atoms with E-state index in [0.717, 1.165) is 69.5 Å². The van der Waals surface area contributed by atoms with Crippen LogP contribution in [0.2, 0.25) is 0 Å². The van der Waals surface area contributed by atoms with E-state index in [9.17, 15) is 12.8 Å². The summed E-state index contributed by atoms with van der Waals surface area (Å²) >= 11 is 0. The highest BCUT2D eigenvalue weighted by Crippen LogP contribution is 2.35. The highest BCUT2D eigenvalue weighted by atomic mass is 32.2. The lowest BCUT2D eigenvalue weighted by atomic mass is 10.00. The van der Waals surface area contributed by atoms with Crippen molar-refractivity contribution in [3.8, 4) is 33.6 Å². The Bertz CT molecular complexity index is 2080. The number of aromatic amines is 2. The van der Waals surface area contributed by atoms with Crippen molar-refractivity contribution in [3.63, 3.8) is 0 Å². The fraction of sp³-hybridized carbons (Fsp3) is 0.242. The Morgan fingerprint density at radius 2 is 1.65 bits per heavy atom. The van der Waals surface area contributed by atoms with Crippen molar-refractivity contribution in [3.05, 3.63) is 90.3 Å². The summed E-state index contributed by atoms with van der Waals surface area (Å²) in [6.45, 7) is 3.19. The monoisotopic (exact) mass is 594 g/mol. The number of hydrogen-bond donors (Lipinski definition) is 2. The number of nitrogens with zero attached hydrogens (tertiary/aromatic N) is 4. The lowest BCUT2D eigenvalue weighted by Crippen LogP contribution is -2.18. The van der Waals surface area contributed by atoms with Crippen LogP contribution < -0.4 is 0 Å². The number of pyridine rings is 2. The second kappa shape index (κ2) is 11.0. The Kier molecular flexibility index (Phi) is 7.03. The Morgan fingerprint density at radius 3 is 2.49 bits per heavy atom. The van der Waals surface area contributed by atoms with Gasteiger partial charge in [0.2, 0.25) is 0 Å². The van der Waals surface area contributed by atoms with E-state index in [4.69, 9.17) is 0 Å². The first kappa shape index (κ1) is 27.4. The van der Waals surface area contributed by atoms with E-state index in [2.05, 4.69) is 48.2 Å². The number of hydrogen-bond acceptors (Lipinski definition) is 6.